The van der Waals surface area contributed by atoms with Gasteiger partial charge in [-0.25, -0.2) is 0 Å². The molecule has 4 rings (SSSR count). The van der Waals surface area contributed by atoms with Crippen LogP contribution < -0.4 is 15.4 Å². The van der Waals surface area contributed by atoms with Gasteiger partial charge in [0, 0.05) is 46.2 Å². The summed E-state index contributed by atoms with van der Waals surface area (Å²) in [6, 6.07) is 10.9. The number of hydrogen-bond donors (Lipinski definition) is 2. The Kier molecular flexibility index (Phi) is 4.47. The maximum atomic E-state index is 12.4. The highest BCUT2D eigenvalue weighted by atomic mass is 32.2. The molecule has 1 aromatic carbocycles. The van der Waals surface area contributed by atoms with Gasteiger partial charge in [-0.1, -0.05) is 11.8 Å². The van der Waals surface area contributed by atoms with E-state index in [4.69, 9.17) is 4.74 Å². The molecular formula is C17H19N3O2S2. The fraction of sp³-hybridized carbons (Fsp3) is 0.412. The van der Waals surface area contributed by atoms with Crippen LogP contribution in [0.25, 0.3) is 0 Å². The monoisotopic (exact) mass is 361 g/mol. The zero-order valence-electron chi connectivity index (χ0n) is 13.3. The van der Waals surface area contributed by atoms with Crippen molar-refractivity contribution in [3.05, 3.63) is 35.9 Å². The quantitative estimate of drug-likeness (QED) is 0.857. The minimum atomic E-state index is 0.0150. The van der Waals surface area contributed by atoms with Crippen LogP contribution in [-0.2, 0) is 0 Å². The highest BCUT2D eigenvalue weighted by Gasteiger charge is 2.39. The minimum Gasteiger partial charge on any atom is -0.486 e. The van der Waals surface area contributed by atoms with E-state index >= 15 is 0 Å². The van der Waals surface area contributed by atoms with Crippen molar-refractivity contribution in [3.8, 4) is 5.06 Å². The van der Waals surface area contributed by atoms with Crippen molar-refractivity contribution in [2.45, 2.75) is 47.3 Å². The highest BCUT2D eigenvalue weighted by Crippen LogP contribution is 2.32. The lowest BCUT2D eigenvalue weighted by molar-refractivity contribution is 0.0931. The van der Waals surface area contributed by atoms with Gasteiger partial charge in [-0.15, -0.1) is 0 Å². The molecule has 3 atom stereocenters. The van der Waals surface area contributed by atoms with Crippen molar-refractivity contribution in [1.82, 2.24) is 15.0 Å². The fourth-order valence-corrected chi connectivity index (χ4v) is 4.90. The van der Waals surface area contributed by atoms with E-state index in [0.29, 0.717) is 17.6 Å². The number of benzene rings is 1. The number of carbonyl (C=O) groups excluding carboxylic acids is 1. The molecule has 2 aliphatic rings. The van der Waals surface area contributed by atoms with Crippen LogP contribution in [0.5, 0.6) is 5.06 Å². The molecule has 126 valence electrons. The van der Waals surface area contributed by atoms with Crippen LogP contribution >= 0.6 is 23.3 Å². The molecule has 7 heteroatoms. The van der Waals surface area contributed by atoms with E-state index < -0.39 is 0 Å². The van der Waals surface area contributed by atoms with Gasteiger partial charge in [-0.3, -0.25) is 4.79 Å². The number of hydrogen-bond acceptors (Lipinski definition) is 6. The molecule has 0 saturated carbocycles. The Labute approximate surface area is 149 Å². The topological polar surface area (TPSA) is 63.2 Å². The third-order valence-corrected chi connectivity index (χ3v) is 6.42. The number of fused-ring (bicyclic) bond motifs is 2. The highest BCUT2D eigenvalue weighted by molar-refractivity contribution is 7.99. The molecule has 1 aromatic heterocycles. The first-order chi connectivity index (χ1) is 11.7. The second kappa shape index (κ2) is 6.74. The molecule has 0 unspecified atom stereocenters. The van der Waals surface area contributed by atoms with Crippen LogP contribution in [0.3, 0.4) is 0 Å². The van der Waals surface area contributed by atoms with Crippen LogP contribution in [0, 0.1) is 0 Å². The number of carbonyl (C=O) groups is 1. The van der Waals surface area contributed by atoms with Crippen molar-refractivity contribution >= 4 is 29.2 Å². The van der Waals surface area contributed by atoms with E-state index in [2.05, 4.69) is 15.0 Å². The average Bonchev–Trinajstić information content (AvgIpc) is 3.32. The molecule has 2 saturated heterocycles. The molecule has 2 bridgehead atoms. The summed E-state index contributed by atoms with van der Waals surface area (Å²) in [6.45, 7) is 0. The standard InChI is InChI=1S/C17H19N3O2S2/c1-22-16-9-15(20-24-16)23-12-5-2-10(3-6-12)17(21)19-14-8-11-4-7-13(14)18-11/h2-3,5-6,9,11,13-14,18H,4,7-8H2,1H3,(H,19,21)/t11-,13+,14-/m1/s1. The molecule has 2 fully saturated rings. The number of aromatic nitrogens is 1. The summed E-state index contributed by atoms with van der Waals surface area (Å²) in [4.78, 5) is 13.5. The Morgan fingerprint density at radius 3 is 2.83 bits per heavy atom. The Morgan fingerprint density at radius 2 is 2.21 bits per heavy atom. The summed E-state index contributed by atoms with van der Waals surface area (Å²) in [5, 5.41) is 8.42. The van der Waals surface area contributed by atoms with E-state index in [-0.39, 0.29) is 11.9 Å². The minimum absolute atomic E-state index is 0.0150. The maximum absolute atomic E-state index is 12.4. The van der Waals surface area contributed by atoms with Gasteiger partial charge >= 0.3 is 0 Å². The first-order valence-electron chi connectivity index (χ1n) is 8.07. The lowest BCUT2D eigenvalue weighted by Gasteiger charge is -2.21. The van der Waals surface area contributed by atoms with Crippen LogP contribution in [0.15, 0.2) is 40.3 Å². The Hall–Kier alpha value is -1.57. The zero-order chi connectivity index (χ0) is 16.5. The number of nitrogens with zero attached hydrogens (tertiary/aromatic N) is 1. The van der Waals surface area contributed by atoms with Gasteiger partial charge in [0.1, 0.15) is 5.03 Å². The molecule has 3 heterocycles. The molecule has 24 heavy (non-hydrogen) atoms. The number of nitrogens with one attached hydrogen (secondary N) is 2. The van der Waals surface area contributed by atoms with Gasteiger partial charge in [-0.05, 0) is 43.5 Å². The Morgan fingerprint density at radius 1 is 1.38 bits per heavy atom. The van der Waals surface area contributed by atoms with Crippen LogP contribution in [0.4, 0.5) is 0 Å². The molecule has 2 aliphatic heterocycles. The first-order valence-corrected chi connectivity index (χ1v) is 9.66. The van der Waals surface area contributed by atoms with E-state index in [1.165, 1.54) is 24.4 Å². The van der Waals surface area contributed by atoms with E-state index in [1.807, 2.05) is 30.3 Å². The molecular weight excluding hydrogens is 342 g/mol. The van der Waals surface area contributed by atoms with Gasteiger partial charge in [0.2, 0.25) is 0 Å². The summed E-state index contributed by atoms with van der Waals surface area (Å²) in [5.41, 5.74) is 0.706. The normalized spacial score (nSPS) is 25.0. The van der Waals surface area contributed by atoms with E-state index in [9.17, 15) is 4.79 Å². The molecule has 1 amide bonds. The van der Waals surface area contributed by atoms with Crippen molar-refractivity contribution in [1.29, 1.82) is 0 Å². The smallest absolute Gasteiger partial charge is 0.251 e. The van der Waals surface area contributed by atoms with E-state index in [0.717, 1.165) is 21.4 Å². The molecule has 0 radical (unpaired) electrons. The van der Waals surface area contributed by atoms with Gasteiger partial charge in [-0.2, -0.15) is 4.37 Å². The first kappa shape index (κ1) is 15.9. The Bertz CT molecular complexity index is 732. The van der Waals surface area contributed by atoms with Gasteiger partial charge < -0.3 is 15.4 Å². The lowest BCUT2D eigenvalue weighted by Crippen LogP contribution is -2.42. The van der Waals surface area contributed by atoms with Gasteiger partial charge in [0.05, 0.1) is 7.11 Å². The van der Waals surface area contributed by atoms with E-state index in [1.54, 1.807) is 18.9 Å². The van der Waals surface area contributed by atoms with Gasteiger partial charge in [0.25, 0.3) is 5.91 Å². The number of amides is 1. The average molecular weight is 361 g/mol. The van der Waals surface area contributed by atoms with Crippen LogP contribution in [-0.4, -0.2) is 35.5 Å². The summed E-state index contributed by atoms with van der Waals surface area (Å²) in [6.07, 6.45) is 3.46. The third-order valence-electron chi connectivity index (χ3n) is 4.62. The summed E-state index contributed by atoms with van der Waals surface area (Å²) in [7, 11) is 1.64. The zero-order valence-corrected chi connectivity index (χ0v) is 15.0. The largest absolute Gasteiger partial charge is 0.486 e. The summed E-state index contributed by atoms with van der Waals surface area (Å²) in [5.74, 6) is 0.0150. The lowest BCUT2D eigenvalue weighted by atomic mass is 9.95. The third kappa shape index (κ3) is 3.29. The maximum Gasteiger partial charge on any atom is 0.251 e. The van der Waals surface area contributed by atoms with Gasteiger partial charge in [0.15, 0.2) is 5.06 Å². The number of rotatable bonds is 5. The van der Waals surface area contributed by atoms with Crippen molar-refractivity contribution < 1.29 is 9.53 Å². The van der Waals surface area contributed by atoms with Crippen molar-refractivity contribution in [2.24, 2.45) is 0 Å². The molecule has 0 aliphatic carbocycles. The van der Waals surface area contributed by atoms with Crippen molar-refractivity contribution in [2.75, 3.05) is 7.11 Å². The predicted octanol–water partition coefficient (Wildman–Crippen LogP) is 2.93. The Balaban J connectivity index is 1.37. The second-order valence-electron chi connectivity index (χ2n) is 6.18. The molecule has 2 N–H and O–H groups in total. The SMILES string of the molecule is COc1cc(Sc2ccc(C(=O)N[C@@H]3C[C@H]4CC[C@@H]3N4)cc2)ns1. The number of ether oxygens (including phenoxy) is 1. The van der Waals surface area contributed by atoms with Crippen molar-refractivity contribution in [3.63, 3.8) is 0 Å². The summed E-state index contributed by atoms with van der Waals surface area (Å²) >= 11 is 2.90. The fourth-order valence-electron chi connectivity index (χ4n) is 3.42. The molecule has 0 spiro atoms. The van der Waals surface area contributed by atoms with Crippen LogP contribution in [0.1, 0.15) is 29.6 Å². The molecule has 5 nitrogen and oxygen atoms in total. The summed E-state index contributed by atoms with van der Waals surface area (Å²) < 4.78 is 9.48. The number of methoxy groups -OCH3 is 1. The van der Waals surface area contributed by atoms with Crippen LogP contribution in [0.2, 0.25) is 0 Å². The predicted molar refractivity (Wildman–Crippen MR) is 95.0 cm³/mol. The molecule has 2 aromatic rings. The second-order valence-corrected chi connectivity index (χ2v) is 8.04.